The van der Waals surface area contributed by atoms with E-state index in [1.165, 1.54) is 16.7 Å². The summed E-state index contributed by atoms with van der Waals surface area (Å²) in [5.74, 6) is -0.647. The van der Waals surface area contributed by atoms with E-state index in [1.807, 2.05) is 61.5 Å². The SMILES string of the molecule is Cc1cccc(CC2S/C(=C(/C#N)C(=O)NN3CCOCC3)N(c3ccccc3)C2=O)c1. The number of nitrogens with one attached hydrogen (secondary N) is 1. The van der Waals surface area contributed by atoms with E-state index in [-0.39, 0.29) is 11.5 Å². The van der Waals surface area contributed by atoms with Crippen LogP contribution >= 0.6 is 11.8 Å². The highest BCUT2D eigenvalue weighted by Gasteiger charge is 2.41. The van der Waals surface area contributed by atoms with Gasteiger partial charge in [0.15, 0.2) is 0 Å². The monoisotopic (exact) mass is 448 g/mol. The van der Waals surface area contributed by atoms with Crippen LogP contribution in [0.25, 0.3) is 0 Å². The fraction of sp³-hybridized carbons (Fsp3) is 0.292. The number of benzene rings is 2. The maximum absolute atomic E-state index is 13.4. The third-order valence-corrected chi connectivity index (χ3v) is 6.56. The Hall–Kier alpha value is -3.12. The van der Waals surface area contributed by atoms with Crippen molar-refractivity contribution in [3.05, 3.63) is 76.3 Å². The number of nitrogens with zero attached hydrogens (tertiary/aromatic N) is 3. The lowest BCUT2D eigenvalue weighted by molar-refractivity contribution is -0.123. The smallest absolute Gasteiger partial charge is 0.278 e. The molecule has 7 nitrogen and oxygen atoms in total. The number of hydrogen-bond donors (Lipinski definition) is 1. The van der Waals surface area contributed by atoms with Gasteiger partial charge in [-0.1, -0.05) is 59.8 Å². The van der Waals surface area contributed by atoms with Crippen LogP contribution < -0.4 is 10.3 Å². The van der Waals surface area contributed by atoms with Crippen LogP contribution in [0, 0.1) is 18.3 Å². The van der Waals surface area contributed by atoms with Crippen LogP contribution in [0.4, 0.5) is 5.69 Å². The van der Waals surface area contributed by atoms with Gasteiger partial charge in [-0.05, 0) is 31.0 Å². The van der Waals surface area contributed by atoms with Crippen LogP contribution in [0.5, 0.6) is 0 Å². The Labute approximate surface area is 191 Å². The lowest BCUT2D eigenvalue weighted by Crippen LogP contribution is -2.49. The van der Waals surface area contributed by atoms with Crippen molar-refractivity contribution in [2.24, 2.45) is 0 Å². The normalized spacial score (nSPS) is 20.7. The van der Waals surface area contributed by atoms with Gasteiger partial charge in [0.25, 0.3) is 5.91 Å². The van der Waals surface area contributed by atoms with E-state index in [4.69, 9.17) is 4.74 Å². The molecule has 2 amide bonds. The molecule has 32 heavy (non-hydrogen) atoms. The number of anilines is 1. The molecule has 0 spiro atoms. The maximum atomic E-state index is 13.4. The van der Waals surface area contributed by atoms with Crippen molar-refractivity contribution in [1.29, 1.82) is 5.26 Å². The second kappa shape index (κ2) is 10.0. The Morgan fingerprint density at radius 2 is 1.94 bits per heavy atom. The molecule has 0 bridgehead atoms. The molecule has 1 atom stereocenters. The van der Waals surface area contributed by atoms with E-state index < -0.39 is 11.2 Å². The second-order valence-corrected chi connectivity index (χ2v) is 8.83. The van der Waals surface area contributed by atoms with Crippen LogP contribution in [0.15, 0.2) is 65.2 Å². The number of morpholine rings is 1. The van der Waals surface area contributed by atoms with Crippen LogP contribution in [0.3, 0.4) is 0 Å². The molecule has 0 aromatic heterocycles. The third-order valence-electron chi connectivity index (χ3n) is 5.29. The van der Waals surface area contributed by atoms with Crippen LogP contribution in [0.2, 0.25) is 0 Å². The summed E-state index contributed by atoms with van der Waals surface area (Å²) >= 11 is 1.27. The van der Waals surface area contributed by atoms with E-state index in [0.29, 0.717) is 43.4 Å². The number of amides is 2. The summed E-state index contributed by atoms with van der Waals surface area (Å²) in [4.78, 5) is 27.9. The van der Waals surface area contributed by atoms with Crippen molar-refractivity contribution in [2.45, 2.75) is 18.6 Å². The molecule has 0 aliphatic carbocycles. The van der Waals surface area contributed by atoms with E-state index >= 15 is 0 Å². The van der Waals surface area contributed by atoms with E-state index in [0.717, 1.165) is 11.1 Å². The number of carbonyl (C=O) groups excluding carboxylic acids is 2. The molecule has 164 valence electrons. The number of thioether (sulfide) groups is 1. The molecule has 8 heteroatoms. The van der Waals surface area contributed by atoms with Crippen molar-refractivity contribution in [3.63, 3.8) is 0 Å². The van der Waals surface area contributed by atoms with Gasteiger partial charge in [-0.25, -0.2) is 5.01 Å². The molecule has 2 aliphatic heterocycles. The Morgan fingerprint density at radius 1 is 1.19 bits per heavy atom. The average molecular weight is 449 g/mol. The summed E-state index contributed by atoms with van der Waals surface area (Å²) in [7, 11) is 0. The van der Waals surface area contributed by atoms with Crippen molar-refractivity contribution in [2.75, 3.05) is 31.2 Å². The highest BCUT2D eigenvalue weighted by Crippen LogP contribution is 2.41. The zero-order valence-corrected chi connectivity index (χ0v) is 18.6. The van der Waals surface area contributed by atoms with Gasteiger partial charge < -0.3 is 4.74 Å². The summed E-state index contributed by atoms with van der Waals surface area (Å²) in [6.07, 6.45) is 0.516. The predicted molar refractivity (Wildman–Crippen MR) is 123 cm³/mol. The lowest BCUT2D eigenvalue weighted by atomic mass is 10.1. The first-order chi connectivity index (χ1) is 15.6. The fourth-order valence-corrected chi connectivity index (χ4v) is 5.04. The van der Waals surface area contributed by atoms with Crippen molar-refractivity contribution < 1.29 is 14.3 Å². The standard InChI is InChI=1S/C24H24N4O3S/c1-17-6-5-7-18(14-17)15-21-23(30)28(19-8-3-2-4-9-19)24(32-21)20(16-25)22(29)26-27-10-12-31-13-11-27/h2-9,14,21H,10-13,15H2,1H3,(H,26,29)/b24-20-. The number of carbonyl (C=O) groups is 2. The summed E-state index contributed by atoms with van der Waals surface area (Å²) < 4.78 is 5.31. The number of hydrogen-bond acceptors (Lipinski definition) is 6. The highest BCUT2D eigenvalue weighted by atomic mass is 32.2. The minimum Gasteiger partial charge on any atom is -0.379 e. The summed E-state index contributed by atoms with van der Waals surface area (Å²) in [5.41, 5.74) is 5.53. The molecule has 2 heterocycles. The van der Waals surface area contributed by atoms with Crippen molar-refractivity contribution in [1.82, 2.24) is 10.4 Å². The largest absolute Gasteiger partial charge is 0.379 e. The molecule has 0 radical (unpaired) electrons. The van der Waals surface area contributed by atoms with Crippen LogP contribution in [-0.4, -0.2) is 48.4 Å². The molecular weight excluding hydrogens is 424 g/mol. The maximum Gasteiger partial charge on any atom is 0.278 e. The summed E-state index contributed by atoms with van der Waals surface area (Å²) in [5, 5.41) is 11.6. The first kappa shape index (κ1) is 22.1. The molecule has 1 unspecified atom stereocenters. The molecule has 1 N–H and O–H groups in total. The average Bonchev–Trinajstić information content (AvgIpc) is 3.11. The molecular formula is C24H24N4O3S. The predicted octanol–water partition coefficient (Wildman–Crippen LogP) is 2.78. The minimum absolute atomic E-state index is 0.0644. The fourth-order valence-electron chi connectivity index (χ4n) is 3.73. The zero-order valence-electron chi connectivity index (χ0n) is 17.8. The number of rotatable bonds is 5. The first-order valence-electron chi connectivity index (χ1n) is 10.5. The quantitative estimate of drug-likeness (QED) is 0.559. The molecule has 4 rings (SSSR count). The molecule has 2 aliphatic rings. The van der Waals surface area contributed by atoms with Gasteiger partial charge >= 0.3 is 0 Å². The van der Waals surface area contributed by atoms with E-state index in [1.54, 1.807) is 5.01 Å². The van der Waals surface area contributed by atoms with Crippen LogP contribution in [-0.2, 0) is 20.7 Å². The molecule has 2 fully saturated rings. The minimum atomic E-state index is -0.512. The Kier molecular flexibility index (Phi) is 6.90. The molecule has 2 aromatic rings. The first-order valence-corrected chi connectivity index (χ1v) is 11.3. The van der Waals surface area contributed by atoms with Crippen molar-refractivity contribution >= 4 is 29.3 Å². The topological polar surface area (TPSA) is 85.7 Å². The number of ether oxygens (including phenoxy) is 1. The van der Waals surface area contributed by atoms with Gasteiger partial charge in [-0.3, -0.25) is 19.9 Å². The number of nitriles is 1. The lowest BCUT2D eigenvalue weighted by Gasteiger charge is -2.27. The van der Waals surface area contributed by atoms with Gasteiger partial charge in [-0.2, -0.15) is 5.26 Å². The van der Waals surface area contributed by atoms with E-state index in [9.17, 15) is 14.9 Å². The van der Waals surface area contributed by atoms with Gasteiger partial charge in [0.1, 0.15) is 16.7 Å². The van der Waals surface area contributed by atoms with Gasteiger partial charge in [-0.15, -0.1) is 0 Å². The van der Waals surface area contributed by atoms with Gasteiger partial charge in [0.05, 0.1) is 18.5 Å². The zero-order chi connectivity index (χ0) is 22.5. The molecule has 0 saturated carbocycles. The Morgan fingerprint density at radius 3 is 2.62 bits per heavy atom. The van der Waals surface area contributed by atoms with Gasteiger partial charge in [0.2, 0.25) is 5.91 Å². The summed E-state index contributed by atoms with van der Waals surface area (Å²) in [6.45, 7) is 4.13. The van der Waals surface area contributed by atoms with Crippen molar-refractivity contribution in [3.8, 4) is 6.07 Å². The Bertz CT molecular complexity index is 1070. The number of hydrazine groups is 1. The Balaban J connectivity index is 1.67. The van der Waals surface area contributed by atoms with Crippen LogP contribution in [0.1, 0.15) is 11.1 Å². The second-order valence-electron chi connectivity index (χ2n) is 7.64. The van der Waals surface area contributed by atoms with E-state index in [2.05, 4.69) is 11.5 Å². The number of aryl methyl sites for hydroxylation is 1. The third kappa shape index (κ3) is 4.86. The number of para-hydroxylation sites is 1. The van der Waals surface area contributed by atoms with Gasteiger partial charge in [0, 0.05) is 18.8 Å². The molecule has 2 saturated heterocycles. The molecule has 2 aromatic carbocycles. The highest BCUT2D eigenvalue weighted by molar-refractivity contribution is 8.05. The summed E-state index contributed by atoms with van der Waals surface area (Å²) in [6, 6.07) is 19.2.